The maximum absolute atomic E-state index is 13.4. The molecule has 0 saturated carbocycles. The summed E-state index contributed by atoms with van der Waals surface area (Å²) in [4.78, 5) is 0. The van der Waals surface area contributed by atoms with Gasteiger partial charge in [-0.15, -0.1) is 0 Å². The molecule has 1 rings (SSSR count). The van der Waals surface area contributed by atoms with Crippen LogP contribution in [-0.2, 0) is 0 Å². The zero-order chi connectivity index (χ0) is 13.4. The van der Waals surface area contributed by atoms with Crippen LogP contribution in [0.1, 0.15) is 57.1 Å². The highest BCUT2D eigenvalue weighted by Gasteiger charge is 2.10. The molecule has 102 valence electrons. The van der Waals surface area contributed by atoms with Crippen molar-refractivity contribution in [2.45, 2.75) is 51.5 Å². The van der Waals surface area contributed by atoms with Crippen LogP contribution in [0, 0.1) is 5.82 Å². The van der Waals surface area contributed by atoms with Crippen molar-refractivity contribution in [1.82, 2.24) is 5.32 Å². The first-order valence-corrected chi connectivity index (χ1v) is 7.19. The van der Waals surface area contributed by atoms with Crippen LogP contribution in [0.5, 0.6) is 0 Å². The van der Waals surface area contributed by atoms with Gasteiger partial charge in [-0.05, 0) is 31.2 Å². The van der Waals surface area contributed by atoms with Gasteiger partial charge in [-0.25, -0.2) is 4.39 Å². The van der Waals surface area contributed by atoms with Crippen LogP contribution in [0.2, 0.25) is 5.02 Å². The number of hydrogen-bond acceptors (Lipinski definition) is 1. The Bertz CT molecular complexity index is 354. The second-order valence-electron chi connectivity index (χ2n) is 4.72. The Labute approximate surface area is 115 Å². The summed E-state index contributed by atoms with van der Waals surface area (Å²) in [5.41, 5.74) is 0.981. The van der Waals surface area contributed by atoms with E-state index < -0.39 is 0 Å². The average molecular weight is 272 g/mol. The van der Waals surface area contributed by atoms with E-state index in [4.69, 9.17) is 11.6 Å². The van der Waals surface area contributed by atoms with E-state index in [0.29, 0.717) is 0 Å². The summed E-state index contributed by atoms with van der Waals surface area (Å²) >= 11 is 5.69. The summed E-state index contributed by atoms with van der Waals surface area (Å²) in [5, 5.41) is 3.44. The molecule has 3 heteroatoms. The molecule has 0 spiro atoms. The zero-order valence-electron chi connectivity index (χ0n) is 11.3. The summed E-state index contributed by atoms with van der Waals surface area (Å²) in [6.45, 7) is 2.22. The molecule has 18 heavy (non-hydrogen) atoms. The molecule has 0 aliphatic rings. The molecule has 0 amide bonds. The van der Waals surface area contributed by atoms with Crippen LogP contribution in [0.25, 0.3) is 0 Å². The Morgan fingerprint density at radius 3 is 2.56 bits per heavy atom. The molecule has 0 heterocycles. The fourth-order valence-electron chi connectivity index (χ4n) is 2.16. The van der Waals surface area contributed by atoms with E-state index in [0.717, 1.165) is 12.0 Å². The van der Waals surface area contributed by atoms with Gasteiger partial charge < -0.3 is 5.32 Å². The predicted octanol–water partition coefficient (Wildman–Crippen LogP) is 5.10. The molecular weight excluding hydrogens is 249 g/mol. The minimum Gasteiger partial charge on any atom is -0.313 e. The van der Waals surface area contributed by atoms with Crippen molar-refractivity contribution in [2.24, 2.45) is 0 Å². The lowest BCUT2D eigenvalue weighted by atomic mass is 10.00. The number of unbranched alkanes of at least 4 members (excludes halogenated alkanes) is 4. The third-order valence-corrected chi connectivity index (χ3v) is 3.60. The number of hydrogen-bond donors (Lipinski definition) is 1. The molecule has 1 unspecified atom stereocenters. The van der Waals surface area contributed by atoms with E-state index in [1.54, 1.807) is 6.07 Å². The van der Waals surface area contributed by atoms with Crippen LogP contribution in [0.4, 0.5) is 4.39 Å². The van der Waals surface area contributed by atoms with Gasteiger partial charge in [0.25, 0.3) is 0 Å². The van der Waals surface area contributed by atoms with Crippen molar-refractivity contribution < 1.29 is 4.39 Å². The molecule has 1 aromatic carbocycles. The smallest absolute Gasteiger partial charge is 0.142 e. The van der Waals surface area contributed by atoms with Gasteiger partial charge >= 0.3 is 0 Å². The van der Waals surface area contributed by atoms with Gasteiger partial charge in [-0.1, -0.05) is 56.7 Å². The van der Waals surface area contributed by atoms with Gasteiger partial charge in [-0.2, -0.15) is 0 Å². The van der Waals surface area contributed by atoms with Crippen molar-refractivity contribution in [3.05, 3.63) is 34.6 Å². The maximum atomic E-state index is 13.4. The second-order valence-corrected chi connectivity index (χ2v) is 5.12. The van der Waals surface area contributed by atoms with Crippen LogP contribution in [0.3, 0.4) is 0 Å². The molecule has 1 atom stereocenters. The van der Waals surface area contributed by atoms with Gasteiger partial charge in [0, 0.05) is 6.04 Å². The summed E-state index contributed by atoms with van der Waals surface area (Å²) < 4.78 is 13.4. The van der Waals surface area contributed by atoms with E-state index in [-0.39, 0.29) is 16.9 Å². The van der Waals surface area contributed by atoms with Crippen molar-refractivity contribution in [3.8, 4) is 0 Å². The van der Waals surface area contributed by atoms with E-state index in [1.807, 2.05) is 13.1 Å². The van der Waals surface area contributed by atoms with Crippen molar-refractivity contribution in [3.63, 3.8) is 0 Å². The van der Waals surface area contributed by atoms with Gasteiger partial charge in [0.1, 0.15) is 5.82 Å². The third kappa shape index (κ3) is 4.95. The fourth-order valence-corrected chi connectivity index (χ4v) is 2.28. The highest BCUT2D eigenvalue weighted by atomic mass is 35.5. The Kier molecular flexibility index (Phi) is 7.29. The first-order chi connectivity index (χ1) is 8.69. The number of nitrogens with one attached hydrogen (secondary N) is 1. The lowest BCUT2D eigenvalue weighted by Gasteiger charge is -2.17. The molecule has 0 bridgehead atoms. The fraction of sp³-hybridized carbons (Fsp3) is 0.600. The highest BCUT2D eigenvalue weighted by Crippen LogP contribution is 2.24. The van der Waals surface area contributed by atoms with Crippen LogP contribution in [-0.4, -0.2) is 7.05 Å². The highest BCUT2D eigenvalue weighted by molar-refractivity contribution is 6.30. The summed E-state index contributed by atoms with van der Waals surface area (Å²) in [6, 6.07) is 5.29. The monoisotopic (exact) mass is 271 g/mol. The molecule has 0 aromatic heterocycles. The topological polar surface area (TPSA) is 12.0 Å². The Morgan fingerprint density at radius 1 is 1.22 bits per heavy atom. The standard InChI is InChI=1S/C15H23ClFN/c1-3-4-5-6-7-8-15(18-2)12-9-10-13(16)14(17)11-12/h9-11,15,18H,3-8H2,1-2H3. The quantitative estimate of drug-likeness (QED) is 0.649. The van der Waals surface area contributed by atoms with Crippen LogP contribution in [0.15, 0.2) is 18.2 Å². The predicted molar refractivity (Wildman–Crippen MR) is 76.6 cm³/mol. The minimum absolute atomic E-state index is 0.191. The van der Waals surface area contributed by atoms with Gasteiger partial charge in [0.05, 0.1) is 5.02 Å². The molecule has 0 fully saturated rings. The summed E-state index contributed by atoms with van der Waals surface area (Å²) in [7, 11) is 1.92. The van der Waals surface area contributed by atoms with Crippen molar-refractivity contribution in [2.75, 3.05) is 7.05 Å². The first-order valence-electron chi connectivity index (χ1n) is 6.81. The number of rotatable bonds is 8. The molecule has 0 radical (unpaired) electrons. The minimum atomic E-state index is -0.333. The third-order valence-electron chi connectivity index (χ3n) is 3.29. The van der Waals surface area contributed by atoms with E-state index in [9.17, 15) is 4.39 Å². The van der Waals surface area contributed by atoms with E-state index in [1.165, 1.54) is 38.2 Å². The van der Waals surface area contributed by atoms with Crippen LogP contribution >= 0.6 is 11.6 Å². The van der Waals surface area contributed by atoms with Gasteiger partial charge in [0.2, 0.25) is 0 Å². The molecule has 1 N–H and O–H groups in total. The van der Waals surface area contributed by atoms with Crippen molar-refractivity contribution in [1.29, 1.82) is 0 Å². The zero-order valence-corrected chi connectivity index (χ0v) is 12.1. The number of benzene rings is 1. The Balaban J connectivity index is 2.47. The largest absolute Gasteiger partial charge is 0.313 e. The lowest BCUT2D eigenvalue weighted by Crippen LogP contribution is -2.16. The Hall–Kier alpha value is -0.600. The van der Waals surface area contributed by atoms with Gasteiger partial charge in [0.15, 0.2) is 0 Å². The second kappa shape index (κ2) is 8.49. The first kappa shape index (κ1) is 15.5. The molecule has 0 saturated heterocycles. The van der Waals surface area contributed by atoms with Gasteiger partial charge in [-0.3, -0.25) is 0 Å². The van der Waals surface area contributed by atoms with Crippen molar-refractivity contribution >= 4 is 11.6 Å². The number of halogens is 2. The average Bonchev–Trinajstić information content (AvgIpc) is 2.37. The SMILES string of the molecule is CCCCCCCC(NC)c1ccc(Cl)c(F)c1. The Morgan fingerprint density at radius 2 is 1.94 bits per heavy atom. The molecular formula is C15H23ClFN. The van der Waals surface area contributed by atoms with Crippen LogP contribution < -0.4 is 5.32 Å². The summed E-state index contributed by atoms with van der Waals surface area (Å²) in [5.74, 6) is -0.333. The van der Waals surface area contributed by atoms with E-state index >= 15 is 0 Å². The molecule has 1 aromatic rings. The van der Waals surface area contributed by atoms with E-state index in [2.05, 4.69) is 12.2 Å². The summed E-state index contributed by atoms with van der Waals surface area (Å²) in [6.07, 6.45) is 7.33. The lowest BCUT2D eigenvalue weighted by molar-refractivity contribution is 0.498. The normalized spacial score (nSPS) is 12.7. The maximum Gasteiger partial charge on any atom is 0.142 e. The molecule has 1 nitrogen and oxygen atoms in total. The molecule has 0 aliphatic carbocycles. The molecule has 0 aliphatic heterocycles.